The van der Waals surface area contributed by atoms with Crippen LogP contribution in [0.2, 0.25) is 0 Å². The number of nitrogens with one attached hydrogen (secondary N) is 3. The lowest BCUT2D eigenvalue weighted by molar-refractivity contribution is 0.898. The average molecular weight is 447 g/mol. The largest absolute Gasteiger partial charge is 0.382 e. The first-order valence-corrected chi connectivity index (χ1v) is 11.1. The van der Waals surface area contributed by atoms with Gasteiger partial charge >= 0.3 is 0 Å². The van der Waals surface area contributed by atoms with Gasteiger partial charge in [-0.15, -0.1) is 0 Å². The second-order valence-corrected chi connectivity index (χ2v) is 8.52. The van der Waals surface area contributed by atoms with E-state index in [0.717, 1.165) is 61.3 Å². The van der Waals surface area contributed by atoms with E-state index in [4.69, 9.17) is 0 Å². The predicted octanol–water partition coefficient (Wildman–Crippen LogP) is 5.45. The summed E-state index contributed by atoms with van der Waals surface area (Å²) in [5.74, 6) is 0. The van der Waals surface area contributed by atoms with Gasteiger partial charge in [-0.2, -0.15) is 5.10 Å². The molecule has 0 spiro atoms. The van der Waals surface area contributed by atoms with Crippen LogP contribution in [0.5, 0.6) is 0 Å². The van der Waals surface area contributed by atoms with Crippen LogP contribution in [-0.2, 0) is 0 Å². The molecule has 0 aliphatic carbocycles. The number of rotatable bonds is 5. The fourth-order valence-electron chi connectivity index (χ4n) is 4.20. The smallest absolute Gasteiger partial charge is 0.116 e. The minimum atomic E-state index is 0.320. The fourth-order valence-corrected chi connectivity index (χ4v) is 4.20. The monoisotopic (exact) mass is 446 g/mol. The third kappa shape index (κ3) is 3.55. The van der Waals surface area contributed by atoms with Crippen LogP contribution in [0.15, 0.2) is 73.7 Å². The zero-order valence-corrected chi connectivity index (χ0v) is 18.7. The molecule has 34 heavy (non-hydrogen) atoms. The lowest BCUT2D eigenvalue weighted by atomic mass is 10.1. The van der Waals surface area contributed by atoms with Gasteiger partial charge in [0, 0.05) is 64.5 Å². The normalized spacial score (nSPS) is 11.5. The summed E-state index contributed by atoms with van der Waals surface area (Å²) in [6.07, 6.45) is 12.8. The van der Waals surface area contributed by atoms with Gasteiger partial charge in [0.05, 0.1) is 40.5 Å². The average Bonchev–Trinajstić information content (AvgIpc) is 3.48. The van der Waals surface area contributed by atoms with Crippen LogP contribution < -0.4 is 5.32 Å². The number of pyridine rings is 4. The van der Waals surface area contributed by atoms with Gasteiger partial charge in [-0.25, -0.2) is 0 Å². The zero-order chi connectivity index (χ0) is 23.1. The summed E-state index contributed by atoms with van der Waals surface area (Å²) in [4.78, 5) is 21.2. The van der Waals surface area contributed by atoms with Crippen molar-refractivity contribution in [2.75, 3.05) is 5.32 Å². The molecule has 0 unspecified atom stereocenters. The Hall–Kier alpha value is -4.59. The molecule has 8 nitrogen and oxygen atoms in total. The molecule has 0 saturated carbocycles. The quantitative estimate of drug-likeness (QED) is 0.325. The van der Waals surface area contributed by atoms with Crippen LogP contribution in [0, 0.1) is 0 Å². The van der Waals surface area contributed by atoms with Gasteiger partial charge < -0.3 is 10.3 Å². The molecular weight excluding hydrogens is 424 g/mol. The molecule has 0 amide bonds. The molecule has 6 rings (SSSR count). The van der Waals surface area contributed by atoms with Crippen molar-refractivity contribution in [3.05, 3.63) is 73.7 Å². The van der Waals surface area contributed by atoms with Crippen molar-refractivity contribution in [1.82, 2.24) is 35.1 Å². The third-order valence-corrected chi connectivity index (χ3v) is 5.71. The zero-order valence-electron chi connectivity index (χ0n) is 18.7. The molecule has 0 fully saturated rings. The summed E-state index contributed by atoms with van der Waals surface area (Å²) in [5.41, 5.74) is 8.34. The van der Waals surface area contributed by atoms with Gasteiger partial charge in [0.15, 0.2) is 0 Å². The van der Waals surface area contributed by atoms with E-state index in [1.54, 1.807) is 6.20 Å². The van der Waals surface area contributed by atoms with E-state index in [1.807, 2.05) is 49.3 Å². The van der Waals surface area contributed by atoms with Crippen LogP contribution in [0.4, 0.5) is 5.69 Å². The molecule has 6 aromatic heterocycles. The predicted molar refractivity (Wildman–Crippen MR) is 134 cm³/mol. The first-order valence-electron chi connectivity index (χ1n) is 11.1. The lowest BCUT2D eigenvalue weighted by Crippen LogP contribution is -2.09. The van der Waals surface area contributed by atoms with Crippen LogP contribution in [0.1, 0.15) is 13.8 Å². The maximum absolute atomic E-state index is 4.63. The standard InChI is InChI=1S/C26H22N8/c1-15(2)31-18-6-17(10-28-11-18)22-8-20-25(14-30-22)33-34-26(20)23-7-19-21(12-29-13-24(19)32-23)16-4-3-5-27-9-16/h3-15,31-32H,1-2H3,(H,33,34). The van der Waals surface area contributed by atoms with E-state index in [9.17, 15) is 0 Å². The number of aromatic amines is 2. The van der Waals surface area contributed by atoms with Gasteiger partial charge in [0.2, 0.25) is 0 Å². The van der Waals surface area contributed by atoms with Crippen LogP contribution in [0.3, 0.4) is 0 Å². The topological polar surface area (TPSA) is 108 Å². The highest BCUT2D eigenvalue weighted by atomic mass is 15.1. The molecule has 8 heteroatoms. The van der Waals surface area contributed by atoms with E-state index < -0.39 is 0 Å². The van der Waals surface area contributed by atoms with E-state index >= 15 is 0 Å². The molecular formula is C26H22N8. The SMILES string of the molecule is CC(C)Nc1cncc(-c2cc3c(-c4cc5c(-c6cccnc6)cncc5[nH]4)n[nH]c3cn2)c1. The third-order valence-electron chi connectivity index (χ3n) is 5.71. The van der Waals surface area contributed by atoms with Crippen molar-refractivity contribution in [2.24, 2.45) is 0 Å². The van der Waals surface area contributed by atoms with Crippen LogP contribution >= 0.6 is 0 Å². The first-order chi connectivity index (χ1) is 16.7. The highest BCUT2D eigenvalue weighted by molar-refractivity contribution is 6.01. The van der Waals surface area contributed by atoms with Crippen LogP contribution in [0.25, 0.3) is 55.6 Å². The Morgan fingerprint density at radius 3 is 2.56 bits per heavy atom. The molecule has 6 aromatic rings. The van der Waals surface area contributed by atoms with E-state index in [1.165, 1.54) is 0 Å². The van der Waals surface area contributed by atoms with Gasteiger partial charge in [-0.05, 0) is 38.1 Å². The molecule has 166 valence electrons. The maximum Gasteiger partial charge on any atom is 0.116 e. The molecule has 0 saturated heterocycles. The molecule has 0 bridgehead atoms. The van der Waals surface area contributed by atoms with Crippen molar-refractivity contribution in [1.29, 1.82) is 0 Å². The first kappa shape index (κ1) is 20.0. The van der Waals surface area contributed by atoms with E-state index in [2.05, 4.69) is 72.5 Å². The van der Waals surface area contributed by atoms with Crippen LogP contribution in [-0.4, -0.2) is 41.2 Å². The van der Waals surface area contributed by atoms with Crippen molar-refractivity contribution in [3.8, 4) is 33.8 Å². The Kier molecular flexibility index (Phi) is 4.76. The molecule has 0 radical (unpaired) electrons. The van der Waals surface area contributed by atoms with Gasteiger partial charge in [0.25, 0.3) is 0 Å². The number of nitrogens with zero attached hydrogens (tertiary/aromatic N) is 5. The second kappa shape index (κ2) is 8.08. The summed E-state index contributed by atoms with van der Waals surface area (Å²) in [6, 6.07) is 10.5. The van der Waals surface area contributed by atoms with Gasteiger partial charge in [0.1, 0.15) is 5.69 Å². The fraction of sp³-hybridized carbons (Fsp3) is 0.115. The number of anilines is 1. The Morgan fingerprint density at radius 2 is 1.71 bits per heavy atom. The van der Waals surface area contributed by atoms with Crippen molar-refractivity contribution in [2.45, 2.75) is 19.9 Å². The lowest BCUT2D eigenvalue weighted by Gasteiger charge is -2.10. The summed E-state index contributed by atoms with van der Waals surface area (Å²) in [7, 11) is 0. The molecule has 0 aliphatic rings. The Labute approximate surface area is 195 Å². The Balaban J connectivity index is 1.45. The highest BCUT2D eigenvalue weighted by Gasteiger charge is 2.15. The number of hydrogen-bond donors (Lipinski definition) is 3. The van der Waals surface area contributed by atoms with Gasteiger partial charge in [-0.3, -0.25) is 25.0 Å². The molecule has 3 N–H and O–H groups in total. The van der Waals surface area contributed by atoms with Crippen molar-refractivity contribution < 1.29 is 0 Å². The number of fused-ring (bicyclic) bond motifs is 2. The van der Waals surface area contributed by atoms with Crippen molar-refractivity contribution >= 4 is 27.5 Å². The summed E-state index contributed by atoms with van der Waals surface area (Å²) < 4.78 is 0. The molecule has 0 atom stereocenters. The maximum atomic E-state index is 4.63. The minimum absolute atomic E-state index is 0.320. The summed E-state index contributed by atoms with van der Waals surface area (Å²) in [5, 5.41) is 13.1. The minimum Gasteiger partial charge on any atom is -0.382 e. The van der Waals surface area contributed by atoms with Gasteiger partial charge in [-0.1, -0.05) is 6.07 Å². The second-order valence-electron chi connectivity index (χ2n) is 8.52. The van der Waals surface area contributed by atoms with Crippen molar-refractivity contribution in [3.63, 3.8) is 0 Å². The number of aromatic nitrogens is 7. The Bertz CT molecular complexity index is 1610. The van der Waals surface area contributed by atoms with E-state index in [-0.39, 0.29) is 0 Å². The molecule has 6 heterocycles. The summed E-state index contributed by atoms with van der Waals surface area (Å²) in [6.45, 7) is 4.20. The highest BCUT2D eigenvalue weighted by Crippen LogP contribution is 2.34. The summed E-state index contributed by atoms with van der Waals surface area (Å²) >= 11 is 0. The van der Waals surface area contributed by atoms with E-state index in [0.29, 0.717) is 6.04 Å². The number of H-pyrrole nitrogens is 2. The number of hydrogen-bond acceptors (Lipinski definition) is 6. The Morgan fingerprint density at radius 1 is 0.824 bits per heavy atom. The molecule has 0 aromatic carbocycles. The molecule has 0 aliphatic heterocycles.